The van der Waals surface area contributed by atoms with Gasteiger partial charge in [-0.1, -0.05) is 68.3 Å². The minimum atomic E-state index is -0.976. The second-order valence-electron chi connectivity index (χ2n) is 11.4. The molecule has 0 aromatic heterocycles. The van der Waals surface area contributed by atoms with E-state index >= 15 is 0 Å². The topological polar surface area (TPSA) is 87.7 Å². The van der Waals surface area contributed by atoms with Gasteiger partial charge in [0.15, 0.2) is 0 Å². The third-order valence-corrected chi connectivity index (χ3v) is 7.34. The molecule has 3 aromatic rings. The van der Waals surface area contributed by atoms with Crippen LogP contribution in [0.1, 0.15) is 69.7 Å². The maximum Gasteiger partial charge on any atom is 0.408 e. The van der Waals surface area contributed by atoms with E-state index in [1.807, 2.05) is 74.5 Å². The smallest absolute Gasteiger partial charge is 0.408 e. The molecule has 0 radical (unpaired) electrons. The van der Waals surface area contributed by atoms with Crippen LogP contribution in [0, 0.1) is 13.8 Å². The zero-order chi connectivity index (χ0) is 30.2. The van der Waals surface area contributed by atoms with Crippen LogP contribution < -0.4 is 10.6 Å². The monoisotopic (exact) mass is 577 g/mol. The molecule has 3 rings (SSSR count). The molecule has 0 saturated carbocycles. The van der Waals surface area contributed by atoms with Crippen molar-refractivity contribution in [2.45, 2.75) is 78.5 Å². The first kappa shape index (κ1) is 32.0. The van der Waals surface area contributed by atoms with Crippen LogP contribution in [0.5, 0.6) is 0 Å². The number of benzene rings is 3. The molecule has 7 nitrogen and oxygen atoms in total. The molecular formula is C33H43N3O4S. The summed E-state index contributed by atoms with van der Waals surface area (Å²) in [5.41, 5.74) is 2.60. The van der Waals surface area contributed by atoms with Gasteiger partial charge in [-0.25, -0.2) is 4.79 Å². The Bertz CT molecular complexity index is 1370. The van der Waals surface area contributed by atoms with Crippen molar-refractivity contribution >= 4 is 47.0 Å². The number of nitrogens with one attached hydrogen (secondary N) is 2. The van der Waals surface area contributed by atoms with Crippen molar-refractivity contribution in [1.82, 2.24) is 10.2 Å². The number of aryl methyl sites for hydroxylation is 1. The van der Waals surface area contributed by atoms with Crippen LogP contribution in [0.4, 0.5) is 10.5 Å². The standard InChI is InChI=1S/C33H43N3O4S/c1-7-8-11-19-36(31(38)28(21-41)35-32(39)40-33(4,5)6)29(27-16-12-13-22(2)23(27)3)30(37)34-26-18-17-24-14-9-10-15-25(24)20-26/h9-10,12-18,20,28-29,41H,7-8,11,19,21H2,1-6H3,(H,34,37)(H,35,39). The van der Waals surface area contributed by atoms with Crippen LogP contribution in [0.25, 0.3) is 10.8 Å². The Hall–Kier alpha value is -3.52. The van der Waals surface area contributed by atoms with Gasteiger partial charge in [0, 0.05) is 18.0 Å². The molecular weight excluding hydrogens is 534 g/mol. The fourth-order valence-corrected chi connectivity index (χ4v) is 4.98. The van der Waals surface area contributed by atoms with Gasteiger partial charge in [0.1, 0.15) is 17.7 Å². The van der Waals surface area contributed by atoms with Crippen LogP contribution in [0.3, 0.4) is 0 Å². The number of hydrogen-bond donors (Lipinski definition) is 3. The van der Waals surface area contributed by atoms with E-state index in [-0.39, 0.29) is 17.6 Å². The van der Waals surface area contributed by atoms with Gasteiger partial charge in [0.2, 0.25) is 5.91 Å². The van der Waals surface area contributed by atoms with Crippen LogP contribution in [0.15, 0.2) is 60.7 Å². The summed E-state index contributed by atoms with van der Waals surface area (Å²) >= 11 is 4.39. The van der Waals surface area contributed by atoms with Crippen molar-refractivity contribution < 1.29 is 19.1 Å². The molecule has 3 aromatic carbocycles. The highest BCUT2D eigenvalue weighted by Crippen LogP contribution is 2.30. The van der Waals surface area contributed by atoms with Gasteiger partial charge in [-0.05, 0) is 80.6 Å². The predicted octanol–water partition coefficient (Wildman–Crippen LogP) is 6.98. The number of carbonyl (C=O) groups is 3. The lowest BCUT2D eigenvalue weighted by Gasteiger charge is -2.35. The number of amides is 3. The van der Waals surface area contributed by atoms with Crippen molar-refractivity contribution in [1.29, 1.82) is 0 Å². The second kappa shape index (κ2) is 14.4. The molecule has 0 aliphatic heterocycles. The summed E-state index contributed by atoms with van der Waals surface area (Å²) in [6.45, 7) is 11.7. The summed E-state index contributed by atoms with van der Waals surface area (Å²) in [7, 11) is 0. The van der Waals surface area contributed by atoms with Gasteiger partial charge in [0.05, 0.1) is 0 Å². The van der Waals surface area contributed by atoms with Crippen LogP contribution in [-0.4, -0.2) is 46.7 Å². The molecule has 2 atom stereocenters. The average molecular weight is 578 g/mol. The van der Waals surface area contributed by atoms with Gasteiger partial charge in [-0.15, -0.1) is 0 Å². The third-order valence-electron chi connectivity index (χ3n) is 6.98. The van der Waals surface area contributed by atoms with E-state index in [4.69, 9.17) is 4.74 Å². The van der Waals surface area contributed by atoms with E-state index in [0.29, 0.717) is 18.7 Å². The van der Waals surface area contributed by atoms with Crippen LogP contribution in [-0.2, 0) is 14.3 Å². The molecule has 41 heavy (non-hydrogen) atoms. The normalized spacial score (nSPS) is 12.9. The fraction of sp³-hybridized carbons (Fsp3) is 0.424. The highest BCUT2D eigenvalue weighted by atomic mass is 32.1. The number of fused-ring (bicyclic) bond motifs is 1. The van der Waals surface area contributed by atoms with Crippen molar-refractivity contribution in [3.63, 3.8) is 0 Å². The Morgan fingerprint density at radius 3 is 2.32 bits per heavy atom. The first-order valence-corrected chi connectivity index (χ1v) is 14.8. The summed E-state index contributed by atoms with van der Waals surface area (Å²) in [6, 6.07) is 17.6. The first-order chi connectivity index (χ1) is 19.4. The maximum atomic E-state index is 14.2. The molecule has 2 N–H and O–H groups in total. The molecule has 0 fully saturated rings. The average Bonchev–Trinajstić information content (AvgIpc) is 2.92. The number of hydrogen-bond acceptors (Lipinski definition) is 5. The number of nitrogens with zero attached hydrogens (tertiary/aromatic N) is 1. The molecule has 2 unspecified atom stereocenters. The molecule has 0 aliphatic carbocycles. The number of carbonyl (C=O) groups excluding carboxylic acids is 3. The van der Waals surface area contributed by atoms with Gasteiger partial charge in [-0.3, -0.25) is 9.59 Å². The van der Waals surface area contributed by atoms with Crippen molar-refractivity contribution in [3.05, 3.63) is 77.4 Å². The van der Waals surface area contributed by atoms with E-state index < -0.39 is 23.8 Å². The van der Waals surface area contributed by atoms with E-state index in [1.165, 1.54) is 0 Å². The third kappa shape index (κ3) is 8.73. The Morgan fingerprint density at radius 1 is 0.951 bits per heavy atom. The number of alkyl carbamates (subject to hydrolysis) is 1. The van der Waals surface area contributed by atoms with E-state index in [0.717, 1.165) is 40.3 Å². The SMILES string of the molecule is CCCCCN(C(=O)C(CS)NC(=O)OC(C)(C)C)C(C(=O)Nc1ccc2ccccc2c1)c1cccc(C)c1C. The Labute approximate surface area is 249 Å². The number of ether oxygens (including phenoxy) is 1. The summed E-state index contributed by atoms with van der Waals surface area (Å²) in [5, 5.41) is 7.81. The summed E-state index contributed by atoms with van der Waals surface area (Å²) in [6.07, 6.45) is 1.84. The maximum absolute atomic E-state index is 14.2. The fourth-order valence-electron chi connectivity index (χ4n) is 4.73. The zero-order valence-electron chi connectivity index (χ0n) is 25.0. The molecule has 0 spiro atoms. The number of rotatable bonds is 11. The Balaban J connectivity index is 2.03. The lowest BCUT2D eigenvalue weighted by atomic mass is 9.94. The number of unbranched alkanes of at least 4 members (excludes halogenated alkanes) is 2. The van der Waals surface area contributed by atoms with Crippen molar-refractivity contribution in [2.75, 3.05) is 17.6 Å². The lowest BCUT2D eigenvalue weighted by Crippen LogP contribution is -2.53. The van der Waals surface area contributed by atoms with Crippen LogP contribution >= 0.6 is 12.6 Å². The van der Waals surface area contributed by atoms with Crippen molar-refractivity contribution in [2.24, 2.45) is 0 Å². The van der Waals surface area contributed by atoms with Gasteiger partial charge in [-0.2, -0.15) is 12.6 Å². The van der Waals surface area contributed by atoms with Gasteiger partial charge in [0.25, 0.3) is 5.91 Å². The molecule has 220 valence electrons. The van der Waals surface area contributed by atoms with Crippen molar-refractivity contribution in [3.8, 4) is 0 Å². The minimum absolute atomic E-state index is 0.0498. The summed E-state index contributed by atoms with van der Waals surface area (Å²) < 4.78 is 5.41. The van der Waals surface area contributed by atoms with Gasteiger partial charge < -0.3 is 20.3 Å². The summed E-state index contributed by atoms with van der Waals surface area (Å²) in [5.74, 6) is -0.663. The van der Waals surface area contributed by atoms with E-state index in [1.54, 1.807) is 25.7 Å². The number of anilines is 1. The highest BCUT2D eigenvalue weighted by Gasteiger charge is 2.36. The number of thiol groups is 1. The van der Waals surface area contributed by atoms with E-state index in [9.17, 15) is 14.4 Å². The van der Waals surface area contributed by atoms with E-state index in [2.05, 4.69) is 30.2 Å². The molecule has 0 bridgehead atoms. The molecule has 0 heterocycles. The Morgan fingerprint density at radius 2 is 1.66 bits per heavy atom. The molecule has 3 amide bonds. The largest absolute Gasteiger partial charge is 0.444 e. The second-order valence-corrected chi connectivity index (χ2v) is 11.7. The first-order valence-electron chi connectivity index (χ1n) is 14.2. The highest BCUT2D eigenvalue weighted by molar-refractivity contribution is 7.80. The van der Waals surface area contributed by atoms with Gasteiger partial charge >= 0.3 is 6.09 Å². The molecule has 0 aliphatic rings. The molecule has 0 saturated heterocycles. The minimum Gasteiger partial charge on any atom is -0.444 e. The molecule has 8 heteroatoms. The lowest BCUT2D eigenvalue weighted by molar-refractivity contribution is -0.140. The zero-order valence-corrected chi connectivity index (χ0v) is 25.9. The Kier molecular flexibility index (Phi) is 11.2. The quantitative estimate of drug-likeness (QED) is 0.170. The van der Waals surface area contributed by atoms with Crippen LogP contribution in [0.2, 0.25) is 0 Å². The summed E-state index contributed by atoms with van der Waals surface area (Å²) in [4.78, 5) is 42.5. The predicted molar refractivity (Wildman–Crippen MR) is 169 cm³/mol.